The number of carbonyl (C=O) groups is 1. The number of ether oxygens (including phenoxy) is 1. The summed E-state index contributed by atoms with van der Waals surface area (Å²) >= 11 is 8.47. The van der Waals surface area contributed by atoms with Gasteiger partial charge in [0.1, 0.15) is 5.75 Å². The second-order valence-electron chi connectivity index (χ2n) is 4.32. The molecule has 6 heteroatoms. The molecule has 0 aliphatic rings. The summed E-state index contributed by atoms with van der Waals surface area (Å²) in [7, 11) is 0. The first-order valence-electron chi connectivity index (χ1n) is 6.52. The van der Waals surface area contributed by atoms with Crippen LogP contribution >= 0.6 is 28.1 Å². The Morgan fingerprint density at radius 2 is 2.15 bits per heavy atom. The molecule has 0 fully saturated rings. The predicted molar refractivity (Wildman–Crippen MR) is 88.3 cm³/mol. The molecule has 110 valence electrons. The Kier molecular flexibility index (Phi) is 6.95. The van der Waals surface area contributed by atoms with E-state index in [1.54, 1.807) is 18.2 Å². The number of carbonyl (C=O) groups excluding carboxylic acids is 1. The molecular weight excluding hydrogens is 340 g/mol. The van der Waals surface area contributed by atoms with Gasteiger partial charge in [-0.3, -0.25) is 10.1 Å². The molecule has 1 rings (SSSR count). The molecule has 4 nitrogen and oxygen atoms in total. The smallest absolute Gasteiger partial charge is 0.257 e. The number of hydrogen-bond donors (Lipinski definition) is 2. The number of rotatable bonds is 5. The maximum Gasteiger partial charge on any atom is 0.257 e. The van der Waals surface area contributed by atoms with Crippen molar-refractivity contribution < 1.29 is 9.53 Å². The van der Waals surface area contributed by atoms with Gasteiger partial charge in [-0.15, -0.1) is 0 Å². The molecule has 0 spiro atoms. The Morgan fingerprint density at radius 1 is 1.45 bits per heavy atom. The Morgan fingerprint density at radius 3 is 2.70 bits per heavy atom. The Labute approximate surface area is 133 Å². The van der Waals surface area contributed by atoms with Crippen LogP contribution in [-0.4, -0.2) is 23.7 Å². The van der Waals surface area contributed by atoms with Gasteiger partial charge in [0.05, 0.1) is 11.1 Å². The van der Waals surface area contributed by atoms with Crippen LogP contribution in [0.4, 0.5) is 0 Å². The third-order valence-corrected chi connectivity index (χ3v) is 3.55. The molecule has 1 aromatic rings. The molecular formula is C14H19BrN2O2S. The zero-order valence-corrected chi connectivity index (χ0v) is 14.2. The lowest BCUT2D eigenvalue weighted by molar-refractivity contribution is 0.0976. The fourth-order valence-corrected chi connectivity index (χ4v) is 2.24. The maximum atomic E-state index is 12.0. The largest absolute Gasteiger partial charge is 0.493 e. The molecule has 1 atom stereocenters. The van der Waals surface area contributed by atoms with E-state index in [0.29, 0.717) is 23.0 Å². The highest BCUT2D eigenvalue weighted by Gasteiger charge is 2.11. The molecule has 0 aliphatic carbocycles. The summed E-state index contributed by atoms with van der Waals surface area (Å²) < 4.78 is 6.15. The molecule has 0 bridgehead atoms. The van der Waals surface area contributed by atoms with Crippen molar-refractivity contribution in [2.75, 3.05) is 6.61 Å². The minimum atomic E-state index is -0.241. The quantitative estimate of drug-likeness (QED) is 0.793. The van der Waals surface area contributed by atoms with Gasteiger partial charge < -0.3 is 10.1 Å². The molecule has 0 heterocycles. The first-order valence-corrected chi connectivity index (χ1v) is 7.72. The highest BCUT2D eigenvalue weighted by Crippen LogP contribution is 2.25. The van der Waals surface area contributed by atoms with E-state index in [9.17, 15) is 4.79 Å². The van der Waals surface area contributed by atoms with Crippen molar-refractivity contribution in [3.8, 4) is 5.75 Å². The van der Waals surface area contributed by atoms with Crippen LogP contribution < -0.4 is 15.4 Å². The molecule has 0 saturated heterocycles. The van der Waals surface area contributed by atoms with E-state index in [1.165, 1.54) is 0 Å². The van der Waals surface area contributed by atoms with Crippen LogP contribution in [0.2, 0.25) is 0 Å². The van der Waals surface area contributed by atoms with Gasteiger partial charge in [0.2, 0.25) is 0 Å². The van der Waals surface area contributed by atoms with Gasteiger partial charge in [-0.2, -0.15) is 0 Å². The van der Waals surface area contributed by atoms with Gasteiger partial charge >= 0.3 is 0 Å². The average molecular weight is 359 g/mol. The number of amides is 1. The fraction of sp³-hybridized carbons (Fsp3) is 0.429. The third-order valence-electron chi connectivity index (χ3n) is 2.71. The second-order valence-corrected chi connectivity index (χ2v) is 5.58. The monoisotopic (exact) mass is 358 g/mol. The van der Waals surface area contributed by atoms with E-state index < -0.39 is 0 Å². The van der Waals surface area contributed by atoms with Crippen LogP contribution in [0.25, 0.3) is 0 Å². The molecule has 0 saturated carbocycles. The van der Waals surface area contributed by atoms with E-state index in [-0.39, 0.29) is 11.9 Å². The molecule has 2 N–H and O–H groups in total. The summed E-state index contributed by atoms with van der Waals surface area (Å²) in [6.45, 7) is 6.54. The number of halogens is 1. The van der Waals surface area contributed by atoms with Crippen molar-refractivity contribution in [2.45, 2.75) is 33.2 Å². The van der Waals surface area contributed by atoms with Crippen molar-refractivity contribution in [1.29, 1.82) is 0 Å². The number of thiocarbonyl (C=S) groups is 1. The van der Waals surface area contributed by atoms with Crippen LogP contribution in [0.5, 0.6) is 5.75 Å². The first-order chi connectivity index (χ1) is 9.47. The van der Waals surface area contributed by atoms with E-state index in [2.05, 4.69) is 26.6 Å². The standard InChI is InChI=1S/C14H19BrN2O2S/c1-4-9(3)16-14(20)17-13(18)10-6-7-12(19-5-2)11(15)8-10/h6-9H,4-5H2,1-3H3,(H2,16,17,18,20). The van der Waals surface area contributed by atoms with Gasteiger partial charge in [0.15, 0.2) is 5.11 Å². The molecule has 0 radical (unpaired) electrons. The SMILES string of the molecule is CCOc1ccc(C(=O)NC(=S)NC(C)CC)cc1Br. The van der Waals surface area contributed by atoms with Gasteiger partial charge in [0.25, 0.3) is 5.91 Å². The molecule has 1 amide bonds. The Balaban J connectivity index is 2.68. The Bertz CT molecular complexity index is 494. The highest BCUT2D eigenvalue weighted by molar-refractivity contribution is 9.10. The van der Waals surface area contributed by atoms with Crippen molar-refractivity contribution in [3.05, 3.63) is 28.2 Å². The summed E-state index contributed by atoms with van der Waals surface area (Å²) in [6.07, 6.45) is 0.935. The number of nitrogens with one attached hydrogen (secondary N) is 2. The van der Waals surface area contributed by atoms with E-state index in [4.69, 9.17) is 17.0 Å². The van der Waals surface area contributed by atoms with Crippen LogP contribution in [-0.2, 0) is 0 Å². The van der Waals surface area contributed by atoms with Crippen LogP contribution in [0.15, 0.2) is 22.7 Å². The van der Waals surface area contributed by atoms with Gasteiger partial charge in [-0.05, 0) is 66.6 Å². The summed E-state index contributed by atoms with van der Waals surface area (Å²) in [5.41, 5.74) is 0.522. The molecule has 1 unspecified atom stereocenters. The zero-order valence-electron chi connectivity index (χ0n) is 11.8. The lowest BCUT2D eigenvalue weighted by Gasteiger charge is -2.14. The normalized spacial score (nSPS) is 11.6. The van der Waals surface area contributed by atoms with Gasteiger partial charge in [-0.1, -0.05) is 6.92 Å². The molecule has 0 aliphatic heterocycles. The summed E-state index contributed by atoms with van der Waals surface area (Å²) in [5, 5.41) is 6.04. The number of benzene rings is 1. The van der Waals surface area contributed by atoms with Gasteiger partial charge in [-0.25, -0.2) is 0 Å². The fourth-order valence-electron chi connectivity index (χ4n) is 1.45. The van der Waals surface area contributed by atoms with Crippen LogP contribution in [0, 0.1) is 0 Å². The lowest BCUT2D eigenvalue weighted by Crippen LogP contribution is -2.43. The summed E-state index contributed by atoms with van der Waals surface area (Å²) in [6, 6.07) is 5.41. The van der Waals surface area contributed by atoms with Gasteiger partial charge in [0, 0.05) is 11.6 Å². The molecule has 0 aromatic heterocycles. The van der Waals surface area contributed by atoms with Crippen molar-refractivity contribution in [1.82, 2.24) is 10.6 Å². The summed E-state index contributed by atoms with van der Waals surface area (Å²) in [4.78, 5) is 12.0. The van der Waals surface area contributed by atoms with Crippen molar-refractivity contribution >= 4 is 39.2 Å². The number of hydrogen-bond acceptors (Lipinski definition) is 3. The van der Waals surface area contributed by atoms with Crippen molar-refractivity contribution in [2.24, 2.45) is 0 Å². The van der Waals surface area contributed by atoms with Crippen LogP contribution in [0.3, 0.4) is 0 Å². The topological polar surface area (TPSA) is 50.4 Å². The minimum absolute atomic E-state index is 0.231. The summed E-state index contributed by atoms with van der Waals surface area (Å²) in [5.74, 6) is 0.471. The van der Waals surface area contributed by atoms with Crippen molar-refractivity contribution in [3.63, 3.8) is 0 Å². The zero-order chi connectivity index (χ0) is 15.1. The third kappa shape index (κ3) is 5.09. The maximum absolute atomic E-state index is 12.0. The second kappa shape index (κ2) is 8.21. The lowest BCUT2D eigenvalue weighted by atomic mass is 10.2. The molecule has 1 aromatic carbocycles. The Hall–Kier alpha value is -1.14. The van der Waals surface area contributed by atoms with E-state index >= 15 is 0 Å². The predicted octanol–water partition coefficient (Wildman–Crippen LogP) is 3.25. The first kappa shape index (κ1) is 16.9. The minimum Gasteiger partial charge on any atom is -0.493 e. The van der Waals surface area contributed by atoms with Crippen LogP contribution in [0.1, 0.15) is 37.6 Å². The van der Waals surface area contributed by atoms with E-state index in [0.717, 1.165) is 10.9 Å². The molecule has 20 heavy (non-hydrogen) atoms. The highest BCUT2D eigenvalue weighted by atomic mass is 79.9. The average Bonchev–Trinajstić information content (AvgIpc) is 2.40. The van der Waals surface area contributed by atoms with E-state index in [1.807, 2.05) is 20.8 Å².